The van der Waals surface area contributed by atoms with E-state index in [1.807, 2.05) is 72.8 Å². The maximum absolute atomic E-state index is 6.18. The first-order chi connectivity index (χ1) is 28.7. The van der Waals surface area contributed by atoms with Crippen LogP contribution in [-0.4, -0.2) is 99.2 Å². The Balaban J connectivity index is 0.995. The Morgan fingerprint density at radius 3 is 1.17 bits per heavy atom. The summed E-state index contributed by atoms with van der Waals surface area (Å²) in [4.78, 5) is 17.9. The number of nitrogens with one attached hydrogen (secondary N) is 2. The molecule has 0 saturated heterocycles. The number of benzene rings is 4. The molecular formula is C44H42N6O8. The fraction of sp³-hybridized carbons (Fsp3) is 0.273. The van der Waals surface area contributed by atoms with Gasteiger partial charge in [0.05, 0.1) is 63.9 Å². The summed E-state index contributed by atoms with van der Waals surface area (Å²) in [7, 11) is 0. The number of nitrogens with zero attached hydrogens (tertiary/aromatic N) is 4. The van der Waals surface area contributed by atoms with E-state index >= 15 is 0 Å². The molecule has 58 heavy (non-hydrogen) atoms. The second kappa shape index (κ2) is 20.5. The van der Waals surface area contributed by atoms with Gasteiger partial charge in [-0.15, -0.1) is 12.8 Å². The molecule has 3 heterocycles. The number of rotatable bonds is 4. The van der Waals surface area contributed by atoms with E-state index in [9.17, 15) is 0 Å². The van der Waals surface area contributed by atoms with Crippen molar-refractivity contribution in [2.75, 3.05) is 89.9 Å². The van der Waals surface area contributed by atoms with E-state index in [1.165, 1.54) is 12.7 Å². The van der Waals surface area contributed by atoms with Crippen LogP contribution in [0.2, 0.25) is 0 Å². The highest BCUT2D eigenvalue weighted by Crippen LogP contribution is 2.36. The van der Waals surface area contributed by atoms with Crippen LogP contribution < -0.4 is 29.6 Å². The lowest BCUT2D eigenvalue weighted by Gasteiger charge is -2.16. The molecule has 6 aromatic rings. The summed E-state index contributed by atoms with van der Waals surface area (Å²) >= 11 is 0. The lowest BCUT2D eigenvalue weighted by atomic mass is 10.2. The van der Waals surface area contributed by atoms with Crippen LogP contribution in [0.5, 0.6) is 23.0 Å². The van der Waals surface area contributed by atoms with Crippen molar-refractivity contribution in [2.24, 2.45) is 0 Å². The molecule has 1 aliphatic rings. The lowest BCUT2D eigenvalue weighted by Crippen LogP contribution is -2.15. The van der Waals surface area contributed by atoms with Gasteiger partial charge >= 0.3 is 0 Å². The Kier molecular flexibility index (Phi) is 14.0. The highest BCUT2D eigenvalue weighted by Gasteiger charge is 2.15. The smallest absolute Gasteiger partial charge is 0.163 e. The quantitative estimate of drug-likeness (QED) is 0.192. The predicted molar refractivity (Wildman–Crippen MR) is 220 cm³/mol. The third kappa shape index (κ3) is 10.8. The molecule has 0 fully saturated rings. The molecular weight excluding hydrogens is 741 g/mol. The molecule has 0 aliphatic carbocycles. The normalized spacial score (nSPS) is 15.0. The van der Waals surface area contributed by atoms with E-state index < -0.39 is 0 Å². The van der Waals surface area contributed by atoms with Gasteiger partial charge in [0, 0.05) is 45.4 Å². The zero-order valence-corrected chi connectivity index (χ0v) is 31.8. The largest absolute Gasteiger partial charge is 0.487 e. The van der Waals surface area contributed by atoms with Crippen LogP contribution in [0, 0.1) is 24.7 Å². The molecule has 0 atom stereocenters. The number of hydrogen-bond acceptors (Lipinski definition) is 14. The Hall–Kier alpha value is -6.68. The molecule has 0 saturated carbocycles. The molecule has 296 valence electrons. The molecule has 2 aromatic heterocycles. The molecule has 0 unspecified atom stereocenters. The third-order valence-electron chi connectivity index (χ3n) is 8.67. The van der Waals surface area contributed by atoms with Crippen molar-refractivity contribution < 1.29 is 37.9 Å². The molecule has 7 rings (SSSR count). The average Bonchev–Trinajstić information content (AvgIpc) is 3.25. The van der Waals surface area contributed by atoms with E-state index in [1.54, 1.807) is 0 Å². The molecule has 0 bridgehead atoms. The summed E-state index contributed by atoms with van der Waals surface area (Å²) in [6, 6.07) is 22.4. The molecule has 1 aliphatic heterocycles. The average molecular weight is 783 g/mol. The fourth-order valence-corrected chi connectivity index (χ4v) is 5.91. The first-order valence-electron chi connectivity index (χ1n) is 18.7. The van der Waals surface area contributed by atoms with Crippen molar-refractivity contribution in [2.45, 2.75) is 0 Å². The van der Waals surface area contributed by atoms with Crippen molar-refractivity contribution in [3.63, 3.8) is 0 Å². The lowest BCUT2D eigenvalue weighted by molar-refractivity contribution is 0.0224. The van der Waals surface area contributed by atoms with E-state index in [-0.39, 0.29) is 26.4 Å². The van der Waals surface area contributed by atoms with E-state index in [2.05, 4.69) is 42.4 Å². The Morgan fingerprint density at radius 2 is 0.793 bits per heavy atom. The first-order valence-corrected chi connectivity index (χ1v) is 18.7. The van der Waals surface area contributed by atoms with E-state index in [0.717, 1.165) is 33.3 Å². The van der Waals surface area contributed by atoms with Crippen molar-refractivity contribution >= 4 is 44.8 Å². The number of ether oxygens (including phenoxy) is 8. The highest BCUT2D eigenvalue weighted by atomic mass is 16.6. The van der Waals surface area contributed by atoms with Crippen molar-refractivity contribution in [1.29, 1.82) is 0 Å². The van der Waals surface area contributed by atoms with Gasteiger partial charge in [-0.2, -0.15) is 0 Å². The molecule has 14 nitrogen and oxygen atoms in total. The molecule has 2 N–H and O–H groups in total. The molecule has 0 radical (unpaired) electrons. The summed E-state index contributed by atoms with van der Waals surface area (Å²) in [5, 5.41) is 8.17. The summed E-state index contributed by atoms with van der Waals surface area (Å²) < 4.78 is 47.8. The zero-order valence-electron chi connectivity index (χ0n) is 31.8. The monoisotopic (exact) mass is 782 g/mol. The summed E-state index contributed by atoms with van der Waals surface area (Å²) in [5.74, 6) is 8.56. The molecule has 14 heteroatoms. The van der Waals surface area contributed by atoms with Gasteiger partial charge < -0.3 is 48.5 Å². The molecule has 4 aromatic carbocycles. The number of terminal acetylenes is 2. The van der Waals surface area contributed by atoms with Crippen LogP contribution in [0.3, 0.4) is 0 Å². The second-order valence-corrected chi connectivity index (χ2v) is 12.6. The Morgan fingerprint density at radius 1 is 0.431 bits per heavy atom. The minimum absolute atomic E-state index is 0.264. The van der Waals surface area contributed by atoms with Crippen LogP contribution in [0.25, 0.3) is 21.8 Å². The second-order valence-electron chi connectivity index (χ2n) is 12.6. The van der Waals surface area contributed by atoms with Gasteiger partial charge in [-0.25, -0.2) is 19.9 Å². The highest BCUT2D eigenvalue weighted by molar-refractivity contribution is 5.94. The van der Waals surface area contributed by atoms with Gasteiger partial charge in [0.1, 0.15) is 50.7 Å². The summed E-state index contributed by atoms with van der Waals surface area (Å²) in [6.45, 7) is 3.82. The number of hydrogen-bond donors (Lipinski definition) is 2. The van der Waals surface area contributed by atoms with Crippen LogP contribution in [0.15, 0.2) is 85.5 Å². The Bertz CT molecular complexity index is 2230. The minimum atomic E-state index is 0.264. The third-order valence-corrected chi connectivity index (χ3v) is 8.67. The number of anilines is 4. The van der Waals surface area contributed by atoms with Gasteiger partial charge in [-0.1, -0.05) is 24.0 Å². The SMILES string of the molecule is C#Cc1cccc(Nc2ncnc3cc4c(cc23)OCCOCCOCCOc2cc3c(Nc5cccc(C#C)c5)ncnc3cc2OCCOCCOCCO4)c1. The maximum atomic E-state index is 6.18. The van der Waals surface area contributed by atoms with E-state index in [4.69, 9.17) is 50.7 Å². The number of aromatic nitrogens is 4. The Labute approximate surface area is 336 Å². The van der Waals surface area contributed by atoms with Crippen LogP contribution >= 0.6 is 0 Å². The van der Waals surface area contributed by atoms with Crippen LogP contribution in [0.4, 0.5) is 23.0 Å². The first kappa shape index (κ1) is 39.6. The van der Waals surface area contributed by atoms with Crippen molar-refractivity contribution in [3.05, 3.63) is 96.6 Å². The predicted octanol–water partition coefficient (Wildman–Crippen LogP) is 6.32. The topological polar surface area (TPSA) is 149 Å². The standard InChI is InChI=1S/C44H42N6O8/c1-3-31-7-5-9-33(23-31)49-43-35-25-39-41(27-37(35)45-29-47-43)57-21-17-53-13-14-54-18-22-58-42-28-38-36(26-40(42)56-20-16-52-12-11-51-15-19-55-39)44(48-30-46-38)50-34-10-6-8-32(4-2)24-34/h1-2,5-10,23-30H,11-22H2,(H,45,47,49)(H,46,48,50). The van der Waals surface area contributed by atoms with E-state index in [0.29, 0.717) is 98.5 Å². The van der Waals surface area contributed by atoms with Crippen LogP contribution in [-0.2, 0) is 18.9 Å². The zero-order chi connectivity index (χ0) is 39.8. The minimum Gasteiger partial charge on any atom is -0.487 e. The fourth-order valence-electron chi connectivity index (χ4n) is 5.91. The van der Waals surface area contributed by atoms with Crippen molar-refractivity contribution in [1.82, 2.24) is 19.9 Å². The van der Waals surface area contributed by atoms with Gasteiger partial charge in [0.2, 0.25) is 0 Å². The van der Waals surface area contributed by atoms with Gasteiger partial charge in [0.15, 0.2) is 23.0 Å². The van der Waals surface area contributed by atoms with Gasteiger partial charge in [-0.05, 0) is 48.5 Å². The van der Waals surface area contributed by atoms with Gasteiger partial charge in [-0.3, -0.25) is 0 Å². The van der Waals surface area contributed by atoms with Gasteiger partial charge in [0.25, 0.3) is 0 Å². The maximum Gasteiger partial charge on any atom is 0.163 e. The van der Waals surface area contributed by atoms with Crippen LogP contribution in [0.1, 0.15) is 11.1 Å². The summed E-state index contributed by atoms with van der Waals surface area (Å²) in [5.41, 5.74) is 4.44. The summed E-state index contributed by atoms with van der Waals surface area (Å²) in [6.07, 6.45) is 14.2. The molecule has 0 amide bonds. The van der Waals surface area contributed by atoms with Crippen molar-refractivity contribution in [3.8, 4) is 47.7 Å². The molecule has 0 spiro atoms. The number of fused-ring (bicyclic) bond motifs is 4.